The number of aryl methyl sites for hydroxylation is 2. The van der Waals surface area contributed by atoms with E-state index < -0.39 is 16.3 Å². The molecule has 1 atom stereocenters. The minimum Gasteiger partial charge on any atom is -0.481 e. The number of carbonyl (C=O) groups excluding carboxylic acids is 1. The van der Waals surface area contributed by atoms with Crippen molar-refractivity contribution in [2.45, 2.75) is 40.2 Å². The lowest BCUT2D eigenvalue weighted by molar-refractivity contribution is -0.386. The van der Waals surface area contributed by atoms with E-state index >= 15 is 0 Å². The Kier molecular flexibility index (Phi) is 4.39. The van der Waals surface area contributed by atoms with Gasteiger partial charge in [-0.05, 0) is 27.2 Å². The normalized spacial score (nSPS) is 20.7. The third kappa shape index (κ3) is 3.17. The first-order chi connectivity index (χ1) is 10.7. The lowest BCUT2D eigenvalue weighted by Crippen LogP contribution is -2.35. The zero-order valence-corrected chi connectivity index (χ0v) is 13.4. The highest BCUT2D eigenvalue weighted by molar-refractivity contribution is 5.80. The van der Waals surface area contributed by atoms with Gasteiger partial charge in [-0.25, -0.2) is 0 Å². The topological polar surface area (TPSA) is 119 Å². The van der Waals surface area contributed by atoms with Gasteiger partial charge in [-0.2, -0.15) is 5.10 Å². The molecule has 0 bridgehead atoms. The van der Waals surface area contributed by atoms with E-state index in [0.717, 1.165) is 0 Å². The molecule has 0 spiro atoms. The number of aromatic nitrogens is 2. The van der Waals surface area contributed by atoms with Gasteiger partial charge in [0.25, 0.3) is 0 Å². The van der Waals surface area contributed by atoms with Gasteiger partial charge in [0.2, 0.25) is 5.91 Å². The Morgan fingerprint density at radius 3 is 2.57 bits per heavy atom. The van der Waals surface area contributed by atoms with Crippen LogP contribution in [-0.4, -0.2) is 49.7 Å². The van der Waals surface area contributed by atoms with Crippen LogP contribution in [0, 0.1) is 29.4 Å². The first-order valence-corrected chi connectivity index (χ1v) is 7.35. The fraction of sp³-hybridized carbons (Fsp3) is 0.643. The van der Waals surface area contributed by atoms with E-state index in [4.69, 9.17) is 0 Å². The minimum atomic E-state index is -0.901. The van der Waals surface area contributed by atoms with Crippen molar-refractivity contribution in [3.63, 3.8) is 0 Å². The van der Waals surface area contributed by atoms with Gasteiger partial charge in [-0.15, -0.1) is 0 Å². The Balaban J connectivity index is 2.00. The van der Waals surface area contributed by atoms with E-state index in [9.17, 15) is 24.8 Å². The summed E-state index contributed by atoms with van der Waals surface area (Å²) in [5, 5.41) is 24.2. The maximum absolute atomic E-state index is 12.2. The first kappa shape index (κ1) is 16.9. The molecule has 1 fully saturated rings. The Hall–Kier alpha value is -2.45. The van der Waals surface area contributed by atoms with Gasteiger partial charge in [0.15, 0.2) is 0 Å². The molecule has 1 N–H and O–H groups in total. The molecule has 1 unspecified atom stereocenters. The molecule has 0 aliphatic carbocycles. The summed E-state index contributed by atoms with van der Waals surface area (Å²) in [6, 6.07) is 0. The van der Waals surface area contributed by atoms with Crippen LogP contribution in [0.2, 0.25) is 0 Å². The predicted octanol–water partition coefficient (Wildman–Crippen LogP) is 1.12. The number of nitrogens with zero attached hydrogens (tertiary/aromatic N) is 4. The van der Waals surface area contributed by atoms with E-state index in [0.29, 0.717) is 24.4 Å². The highest BCUT2D eigenvalue weighted by Gasteiger charge is 2.41. The number of amides is 1. The summed E-state index contributed by atoms with van der Waals surface area (Å²) >= 11 is 0. The van der Waals surface area contributed by atoms with Gasteiger partial charge < -0.3 is 10.0 Å². The number of likely N-dealkylation sites (tertiary alicyclic amines) is 1. The molecule has 0 radical (unpaired) electrons. The number of carbonyl (C=O) groups is 2. The third-order valence-electron chi connectivity index (χ3n) is 4.41. The quantitative estimate of drug-likeness (QED) is 0.640. The number of hydrogen-bond acceptors (Lipinski definition) is 5. The smallest absolute Gasteiger partial charge is 0.312 e. The average Bonchev–Trinajstić information content (AvgIpc) is 2.98. The van der Waals surface area contributed by atoms with Gasteiger partial charge in [0.05, 0.1) is 16.9 Å². The molecular weight excluding hydrogens is 304 g/mol. The summed E-state index contributed by atoms with van der Waals surface area (Å²) in [4.78, 5) is 35.4. The molecule has 1 aliphatic rings. The SMILES string of the molecule is Cc1nn(CCC(=O)N2CCC(C)(C(=O)O)C2)c(C)c1[N+](=O)[O-]. The van der Waals surface area contributed by atoms with Gasteiger partial charge in [0, 0.05) is 19.5 Å². The summed E-state index contributed by atoms with van der Waals surface area (Å²) in [5.74, 6) is -1.06. The Morgan fingerprint density at radius 1 is 1.43 bits per heavy atom. The molecule has 0 aromatic carbocycles. The van der Waals surface area contributed by atoms with Gasteiger partial charge in [-0.3, -0.25) is 24.4 Å². The van der Waals surface area contributed by atoms with E-state index in [2.05, 4.69) is 5.10 Å². The molecule has 9 heteroatoms. The number of carboxylic acids is 1. The fourth-order valence-corrected chi connectivity index (χ4v) is 2.88. The number of hydrogen-bond donors (Lipinski definition) is 1. The Morgan fingerprint density at radius 2 is 2.09 bits per heavy atom. The Bertz CT molecular complexity index is 668. The van der Waals surface area contributed by atoms with Crippen LogP contribution in [0.25, 0.3) is 0 Å². The van der Waals surface area contributed by atoms with Crippen molar-refractivity contribution in [1.29, 1.82) is 0 Å². The van der Waals surface area contributed by atoms with Crippen LogP contribution >= 0.6 is 0 Å². The van der Waals surface area contributed by atoms with Crippen LogP contribution in [0.1, 0.15) is 31.2 Å². The van der Waals surface area contributed by atoms with Crippen LogP contribution in [0.3, 0.4) is 0 Å². The summed E-state index contributed by atoms with van der Waals surface area (Å²) in [7, 11) is 0. The number of rotatable bonds is 5. The predicted molar refractivity (Wildman–Crippen MR) is 79.9 cm³/mol. The first-order valence-electron chi connectivity index (χ1n) is 7.35. The monoisotopic (exact) mass is 324 g/mol. The van der Waals surface area contributed by atoms with Crippen molar-refractivity contribution in [2.75, 3.05) is 13.1 Å². The van der Waals surface area contributed by atoms with E-state index in [-0.39, 0.29) is 31.1 Å². The molecule has 1 saturated heterocycles. The van der Waals surface area contributed by atoms with Crippen LogP contribution < -0.4 is 0 Å². The molecule has 1 amide bonds. The van der Waals surface area contributed by atoms with Crippen LogP contribution in [0.15, 0.2) is 0 Å². The molecular formula is C14H20N4O5. The van der Waals surface area contributed by atoms with Gasteiger partial charge >= 0.3 is 11.7 Å². The Labute approximate surface area is 133 Å². The maximum atomic E-state index is 12.2. The van der Waals surface area contributed by atoms with Crippen LogP contribution in [0.5, 0.6) is 0 Å². The molecule has 1 aromatic heterocycles. The van der Waals surface area contributed by atoms with E-state index in [1.165, 1.54) is 9.58 Å². The standard InChI is InChI=1S/C14H20N4O5/c1-9-12(18(22)23)10(2)17(15-9)6-4-11(19)16-7-5-14(3,8-16)13(20)21/h4-8H2,1-3H3,(H,20,21). The summed E-state index contributed by atoms with van der Waals surface area (Å²) < 4.78 is 1.46. The molecule has 126 valence electrons. The molecule has 1 aliphatic heterocycles. The second kappa shape index (κ2) is 5.98. The van der Waals surface area contributed by atoms with Crippen LogP contribution in [-0.2, 0) is 16.1 Å². The average molecular weight is 324 g/mol. The molecule has 2 heterocycles. The number of carboxylic acid groups (broad SMARTS) is 1. The highest BCUT2D eigenvalue weighted by Crippen LogP contribution is 2.30. The second-order valence-corrected chi connectivity index (χ2v) is 6.18. The van der Waals surface area contributed by atoms with E-state index in [1.54, 1.807) is 20.8 Å². The summed E-state index contributed by atoms with van der Waals surface area (Å²) in [6.45, 7) is 5.63. The zero-order chi connectivity index (χ0) is 17.4. The fourth-order valence-electron chi connectivity index (χ4n) is 2.88. The lowest BCUT2D eigenvalue weighted by Gasteiger charge is -2.20. The van der Waals surface area contributed by atoms with Gasteiger partial charge in [0.1, 0.15) is 11.4 Å². The zero-order valence-electron chi connectivity index (χ0n) is 13.4. The molecule has 2 rings (SSSR count). The second-order valence-electron chi connectivity index (χ2n) is 6.18. The third-order valence-corrected chi connectivity index (χ3v) is 4.41. The van der Waals surface area contributed by atoms with Crippen molar-refractivity contribution < 1.29 is 19.6 Å². The number of nitro groups is 1. The van der Waals surface area contributed by atoms with Crippen molar-refractivity contribution in [3.8, 4) is 0 Å². The highest BCUT2D eigenvalue weighted by atomic mass is 16.6. The maximum Gasteiger partial charge on any atom is 0.312 e. The molecule has 9 nitrogen and oxygen atoms in total. The summed E-state index contributed by atoms with van der Waals surface area (Å²) in [5.41, 5.74) is -0.194. The van der Waals surface area contributed by atoms with Crippen molar-refractivity contribution in [2.24, 2.45) is 5.41 Å². The van der Waals surface area contributed by atoms with E-state index in [1.807, 2.05) is 0 Å². The molecule has 23 heavy (non-hydrogen) atoms. The largest absolute Gasteiger partial charge is 0.481 e. The minimum absolute atomic E-state index is 0.0305. The van der Waals surface area contributed by atoms with Crippen LogP contribution in [0.4, 0.5) is 5.69 Å². The lowest BCUT2D eigenvalue weighted by atomic mass is 9.90. The van der Waals surface area contributed by atoms with Crippen molar-refractivity contribution in [1.82, 2.24) is 14.7 Å². The van der Waals surface area contributed by atoms with Crippen molar-refractivity contribution in [3.05, 3.63) is 21.5 Å². The van der Waals surface area contributed by atoms with Gasteiger partial charge in [-0.1, -0.05) is 0 Å². The van der Waals surface area contributed by atoms with Crippen molar-refractivity contribution >= 4 is 17.6 Å². The molecule has 0 saturated carbocycles. The molecule has 1 aromatic rings. The number of aliphatic carboxylic acids is 1. The summed E-state index contributed by atoms with van der Waals surface area (Å²) in [6.07, 6.45) is 0.564.